The Balaban J connectivity index is 1.68. The maximum Gasteiger partial charge on any atom is 0.181 e. The summed E-state index contributed by atoms with van der Waals surface area (Å²) in [6.45, 7) is 0. The second-order valence-electron chi connectivity index (χ2n) is 5.84. The summed E-state index contributed by atoms with van der Waals surface area (Å²) < 4.78 is 15.2. The van der Waals surface area contributed by atoms with E-state index in [2.05, 4.69) is 20.4 Å². The predicted octanol–water partition coefficient (Wildman–Crippen LogP) is 2.87. The van der Waals surface area contributed by atoms with Crippen molar-refractivity contribution in [2.45, 2.75) is 25.3 Å². The minimum atomic E-state index is -0.227. The van der Waals surface area contributed by atoms with Crippen molar-refractivity contribution in [3.05, 3.63) is 59.9 Å². The van der Waals surface area contributed by atoms with Crippen LogP contribution in [0.5, 0.6) is 0 Å². The zero-order valence-electron chi connectivity index (χ0n) is 13.0. The predicted molar refractivity (Wildman–Crippen MR) is 89.3 cm³/mol. The molecule has 1 unspecified atom stereocenters. The fourth-order valence-corrected chi connectivity index (χ4v) is 3.16. The van der Waals surface area contributed by atoms with E-state index in [0.29, 0.717) is 17.3 Å². The third-order valence-corrected chi connectivity index (χ3v) is 4.32. The quantitative estimate of drug-likeness (QED) is 0.774. The number of aromatic nitrogens is 4. The topological polar surface area (TPSA) is 81.6 Å². The molecule has 0 amide bonds. The molecular formula is C17H17FN6. The van der Waals surface area contributed by atoms with Crippen LogP contribution in [0, 0.1) is 5.82 Å². The number of fused-ring (bicyclic) bond motifs is 1. The number of halogens is 1. The molecule has 7 heteroatoms. The Hall–Kier alpha value is -2.96. The van der Waals surface area contributed by atoms with Gasteiger partial charge in [0.2, 0.25) is 0 Å². The first-order valence-corrected chi connectivity index (χ1v) is 7.88. The highest BCUT2D eigenvalue weighted by Gasteiger charge is 2.22. The molecule has 0 spiro atoms. The Morgan fingerprint density at radius 3 is 3.04 bits per heavy atom. The molecule has 3 N–H and O–H groups in total. The first kappa shape index (κ1) is 14.6. The molecule has 3 aromatic rings. The van der Waals surface area contributed by atoms with Crippen LogP contribution in [0.15, 0.2) is 43.0 Å². The van der Waals surface area contributed by atoms with Gasteiger partial charge in [0.15, 0.2) is 11.6 Å². The number of aryl methyl sites for hydroxylation is 1. The minimum Gasteiger partial charge on any atom is -0.393 e. The number of benzene rings is 1. The van der Waals surface area contributed by atoms with Crippen molar-refractivity contribution < 1.29 is 4.39 Å². The largest absolute Gasteiger partial charge is 0.393 e. The summed E-state index contributed by atoms with van der Waals surface area (Å²) in [5.41, 5.74) is 8.78. The third-order valence-electron chi connectivity index (χ3n) is 4.32. The standard InChI is InChI=1S/C17H17FN6/c18-12-6-5-11-3-1-4-14(13(11)9-12)23-16-15(19)17(21-10-20-16)24-8-2-7-22-24/h2,5-10,14H,1,3-4,19H2,(H,20,21,23). The molecule has 1 aliphatic carbocycles. The molecule has 1 aliphatic rings. The van der Waals surface area contributed by atoms with E-state index in [1.165, 1.54) is 18.0 Å². The fraction of sp³-hybridized carbons (Fsp3) is 0.235. The second kappa shape index (κ2) is 5.92. The Bertz CT molecular complexity index is 862. The van der Waals surface area contributed by atoms with Gasteiger partial charge in [0, 0.05) is 12.4 Å². The van der Waals surface area contributed by atoms with Gasteiger partial charge < -0.3 is 11.1 Å². The van der Waals surface area contributed by atoms with Gasteiger partial charge in [-0.25, -0.2) is 19.0 Å². The summed E-state index contributed by atoms with van der Waals surface area (Å²) in [5, 5.41) is 7.50. The molecule has 0 saturated carbocycles. The maximum absolute atomic E-state index is 13.6. The molecule has 0 aliphatic heterocycles. The van der Waals surface area contributed by atoms with Crippen molar-refractivity contribution in [1.82, 2.24) is 19.7 Å². The van der Waals surface area contributed by atoms with Gasteiger partial charge >= 0.3 is 0 Å². The summed E-state index contributed by atoms with van der Waals surface area (Å²) in [4.78, 5) is 8.45. The van der Waals surface area contributed by atoms with Crippen LogP contribution in [0.3, 0.4) is 0 Å². The Labute approximate surface area is 138 Å². The molecular weight excluding hydrogens is 307 g/mol. The molecule has 0 saturated heterocycles. The van der Waals surface area contributed by atoms with Gasteiger partial charge in [-0.05, 0) is 48.6 Å². The summed E-state index contributed by atoms with van der Waals surface area (Å²) in [7, 11) is 0. The lowest BCUT2D eigenvalue weighted by Gasteiger charge is -2.27. The number of nitrogens with zero attached hydrogens (tertiary/aromatic N) is 4. The van der Waals surface area contributed by atoms with E-state index in [4.69, 9.17) is 5.73 Å². The molecule has 0 radical (unpaired) electrons. The van der Waals surface area contributed by atoms with E-state index in [1.807, 2.05) is 6.07 Å². The molecule has 2 heterocycles. The van der Waals surface area contributed by atoms with Crippen molar-refractivity contribution in [1.29, 1.82) is 0 Å². The highest BCUT2D eigenvalue weighted by Crippen LogP contribution is 2.34. The van der Waals surface area contributed by atoms with E-state index < -0.39 is 0 Å². The van der Waals surface area contributed by atoms with Gasteiger partial charge in [-0.2, -0.15) is 5.10 Å². The average molecular weight is 324 g/mol. The molecule has 122 valence electrons. The molecule has 2 aromatic heterocycles. The minimum absolute atomic E-state index is 0.0212. The molecule has 1 aromatic carbocycles. The number of hydrogen-bond acceptors (Lipinski definition) is 5. The van der Waals surface area contributed by atoms with Crippen LogP contribution in [0.1, 0.15) is 30.0 Å². The first-order chi connectivity index (χ1) is 11.7. The van der Waals surface area contributed by atoms with E-state index in [-0.39, 0.29) is 11.9 Å². The molecule has 1 atom stereocenters. The monoisotopic (exact) mass is 324 g/mol. The first-order valence-electron chi connectivity index (χ1n) is 7.88. The van der Waals surface area contributed by atoms with Gasteiger partial charge in [0.05, 0.1) is 6.04 Å². The van der Waals surface area contributed by atoms with Gasteiger partial charge in [0.1, 0.15) is 17.8 Å². The smallest absolute Gasteiger partial charge is 0.181 e. The summed E-state index contributed by atoms with van der Waals surface area (Å²) in [6.07, 6.45) is 7.78. The molecule has 4 rings (SSSR count). The van der Waals surface area contributed by atoms with E-state index >= 15 is 0 Å². The van der Waals surface area contributed by atoms with Crippen molar-refractivity contribution in [3.63, 3.8) is 0 Å². The molecule has 6 nitrogen and oxygen atoms in total. The highest BCUT2D eigenvalue weighted by molar-refractivity contribution is 5.69. The second-order valence-corrected chi connectivity index (χ2v) is 5.84. The van der Waals surface area contributed by atoms with Crippen LogP contribution < -0.4 is 11.1 Å². The number of nitrogens with one attached hydrogen (secondary N) is 1. The number of hydrogen-bond donors (Lipinski definition) is 2. The van der Waals surface area contributed by atoms with Crippen LogP contribution in [0.25, 0.3) is 5.82 Å². The molecule has 24 heavy (non-hydrogen) atoms. The highest BCUT2D eigenvalue weighted by atomic mass is 19.1. The fourth-order valence-electron chi connectivity index (χ4n) is 3.16. The number of nitrogens with two attached hydrogens (primary N) is 1. The Morgan fingerprint density at radius 2 is 2.21 bits per heavy atom. The normalized spacial score (nSPS) is 16.6. The van der Waals surface area contributed by atoms with Crippen LogP contribution >= 0.6 is 0 Å². The summed E-state index contributed by atoms with van der Waals surface area (Å²) >= 11 is 0. The SMILES string of the molecule is Nc1c(NC2CCCc3ccc(F)cc32)ncnc1-n1cccn1. The van der Waals surface area contributed by atoms with Gasteiger partial charge in [-0.3, -0.25) is 0 Å². The van der Waals surface area contributed by atoms with Crippen molar-refractivity contribution in [2.75, 3.05) is 11.1 Å². The van der Waals surface area contributed by atoms with Crippen molar-refractivity contribution in [3.8, 4) is 5.82 Å². The molecule has 0 bridgehead atoms. The lowest BCUT2D eigenvalue weighted by atomic mass is 9.87. The lowest BCUT2D eigenvalue weighted by molar-refractivity contribution is 0.579. The van der Waals surface area contributed by atoms with Gasteiger partial charge in [-0.1, -0.05) is 6.07 Å². The zero-order valence-corrected chi connectivity index (χ0v) is 13.0. The Kier molecular flexibility index (Phi) is 3.60. The van der Waals surface area contributed by atoms with Gasteiger partial charge in [0.25, 0.3) is 0 Å². The van der Waals surface area contributed by atoms with Crippen LogP contribution in [0.2, 0.25) is 0 Å². The van der Waals surface area contributed by atoms with Crippen molar-refractivity contribution in [2.24, 2.45) is 0 Å². The third kappa shape index (κ3) is 2.58. The Morgan fingerprint density at radius 1 is 1.29 bits per heavy atom. The van der Waals surface area contributed by atoms with E-state index in [1.54, 1.807) is 29.2 Å². The zero-order chi connectivity index (χ0) is 16.5. The lowest BCUT2D eigenvalue weighted by Crippen LogP contribution is -2.19. The summed E-state index contributed by atoms with van der Waals surface area (Å²) in [6, 6.07) is 6.74. The number of anilines is 2. The number of rotatable bonds is 3. The van der Waals surface area contributed by atoms with Crippen molar-refractivity contribution >= 4 is 11.5 Å². The maximum atomic E-state index is 13.6. The average Bonchev–Trinajstić information content (AvgIpc) is 3.11. The van der Waals surface area contributed by atoms with Gasteiger partial charge in [-0.15, -0.1) is 0 Å². The number of nitrogen functional groups attached to an aromatic ring is 1. The van der Waals surface area contributed by atoms with Crippen LogP contribution in [-0.4, -0.2) is 19.7 Å². The van der Waals surface area contributed by atoms with Crippen LogP contribution in [0.4, 0.5) is 15.9 Å². The van der Waals surface area contributed by atoms with E-state index in [9.17, 15) is 4.39 Å². The summed E-state index contributed by atoms with van der Waals surface area (Å²) in [5.74, 6) is 0.834. The van der Waals surface area contributed by atoms with Crippen LogP contribution in [-0.2, 0) is 6.42 Å². The molecule has 0 fully saturated rings. The van der Waals surface area contributed by atoms with E-state index in [0.717, 1.165) is 24.8 Å².